The van der Waals surface area contributed by atoms with Crippen LogP contribution in [0.5, 0.6) is 5.75 Å². The molecule has 106 valence electrons. The van der Waals surface area contributed by atoms with E-state index in [4.69, 9.17) is 0 Å². The zero-order valence-electron chi connectivity index (χ0n) is 10.8. The normalized spacial score (nSPS) is 18.8. The molecule has 2 amide bonds. The van der Waals surface area contributed by atoms with Gasteiger partial charge in [-0.15, -0.1) is 0 Å². The van der Waals surface area contributed by atoms with Crippen molar-refractivity contribution in [2.45, 2.75) is 12.5 Å². The van der Waals surface area contributed by atoms with Crippen molar-refractivity contribution in [3.05, 3.63) is 29.8 Å². The van der Waals surface area contributed by atoms with Crippen LogP contribution in [0.25, 0.3) is 0 Å². The first-order valence-corrected chi connectivity index (χ1v) is 6.27. The second kappa shape index (κ2) is 6.67. The Bertz CT molecular complexity index is 530. The van der Waals surface area contributed by atoms with E-state index in [0.717, 1.165) is 0 Å². The van der Waals surface area contributed by atoms with Crippen molar-refractivity contribution in [1.29, 1.82) is 0 Å². The minimum atomic E-state index is -0.514. The molecule has 0 aliphatic carbocycles. The van der Waals surface area contributed by atoms with E-state index in [1.807, 2.05) is 0 Å². The van der Waals surface area contributed by atoms with Crippen LogP contribution >= 0.6 is 0 Å². The molecule has 1 saturated heterocycles. The average molecular weight is 276 g/mol. The number of hydrogen-bond donors (Lipinski definition) is 4. The molecule has 4 N–H and O–H groups in total. The standard InChI is InChI=1S/C13H16N4O3/c18-10-3-1-2-9(6-10)8-16-17-12(19)7-11-13(20)15-5-4-14-11/h1-3,6,8,11,14,18H,4-5,7H2,(H,15,20)(H,17,19)/b16-8-/t11-/m0/s1. The lowest BCUT2D eigenvalue weighted by Crippen LogP contribution is -2.54. The number of carbonyl (C=O) groups is 2. The lowest BCUT2D eigenvalue weighted by molar-refractivity contribution is -0.129. The number of nitrogens with zero attached hydrogens (tertiary/aromatic N) is 1. The molecule has 1 aromatic carbocycles. The van der Waals surface area contributed by atoms with E-state index in [1.165, 1.54) is 12.3 Å². The first kappa shape index (κ1) is 14.0. The Kier molecular flexibility index (Phi) is 4.67. The van der Waals surface area contributed by atoms with E-state index in [9.17, 15) is 14.7 Å². The lowest BCUT2D eigenvalue weighted by atomic mass is 10.1. The molecule has 0 unspecified atom stereocenters. The van der Waals surface area contributed by atoms with Crippen molar-refractivity contribution in [1.82, 2.24) is 16.1 Å². The van der Waals surface area contributed by atoms with Crippen LogP contribution in [-0.2, 0) is 9.59 Å². The topological polar surface area (TPSA) is 103 Å². The smallest absolute Gasteiger partial charge is 0.242 e. The molecule has 1 aliphatic heterocycles. The molecule has 20 heavy (non-hydrogen) atoms. The number of piperazine rings is 1. The zero-order valence-corrected chi connectivity index (χ0v) is 10.8. The summed E-state index contributed by atoms with van der Waals surface area (Å²) in [4.78, 5) is 23.1. The van der Waals surface area contributed by atoms with Crippen LogP contribution in [-0.4, -0.2) is 42.3 Å². The number of carbonyl (C=O) groups excluding carboxylic acids is 2. The molecule has 0 radical (unpaired) electrons. The number of rotatable bonds is 4. The van der Waals surface area contributed by atoms with Crippen LogP contribution in [0.15, 0.2) is 29.4 Å². The number of amides is 2. The van der Waals surface area contributed by atoms with Crippen molar-refractivity contribution in [3.8, 4) is 5.75 Å². The van der Waals surface area contributed by atoms with Crippen molar-refractivity contribution >= 4 is 18.0 Å². The molecule has 1 atom stereocenters. The third kappa shape index (κ3) is 4.06. The Labute approximate surface area is 116 Å². The number of hydrazone groups is 1. The molecule has 1 heterocycles. The quantitative estimate of drug-likeness (QED) is 0.432. The number of benzene rings is 1. The van der Waals surface area contributed by atoms with Gasteiger partial charge in [-0.05, 0) is 17.7 Å². The summed E-state index contributed by atoms with van der Waals surface area (Å²) in [5, 5.41) is 18.7. The molecule has 7 heteroatoms. The summed E-state index contributed by atoms with van der Waals surface area (Å²) in [6, 6.07) is 5.97. The molecular formula is C13H16N4O3. The minimum Gasteiger partial charge on any atom is -0.508 e. The first-order chi connectivity index (χ1) is 9.65. The van der Waals surface area contributed by atoms with Crippen LogP contribution in [0, 0.1) is 0 Å². The van der Waals surface area contributed by atoms with Gasteiger partial charge in [0.15, 0.2) is 0 Å². The minimum absolute atomic E-state index is 0.0310. The Morgan fingerprint density at radius 1 is 1.50 bits per heavy atom. The van der Waals surface area contributed by atoms with Crippen LogP contribution in [0.3, 0.4) is 0 Å². The monoisotopic (exact) mass is 276 g/mol. The molecule has 0 aromatic heterocycles. The predicted octanol–water partition coefficient (Wildman–Crippen LogP) is -0.680. The molecule has 0 bridgehead atoms. The van der Waals surface area contributed by atoms with E-state index in [1.54, 1.807) is 18.2 Å². The molecule has 1 fully saturated rings. The van der Waals surface area contributed by atoms with Gasteiger partial charge in [0.2, 0.25) is 11.8 Å². The average Bonchev–Trinajstić information content (AvgIpc) is 2.41. The fourth-order valence-corrected chi connectivity index (χ4v) is 1.83. The summed E-state index contributed by atoms with van der Waals surface area (Å²) in [5.74, 6) is -0.400. The Hall–Kier alpha value is -2.41. The van der Waals surface area contributed by atoms with E-state index in [0.29, 0.717) is 18.7 Å². The summed E-state index contributed by atoms with van der Waals surface area (Å²) in [6.07, 6.45) is 1.45. The van der Waals surface area contributed by atoms with Crippen LogP contribution < -0.4 is 16.1 Å². The van der Waals surface area contributed by atoms with Gasteiger partial charge in [0, 0.05) is 13.1 Å². The van der Waals surface area contributed by atoms with Gasteiger partial charge in [0.05, 0.1) is 18.7 Å². The number of hydrogen-bond acceptors (Lipinski definition) is 5. The van der Waals surface area contributed by atoms with Gasteiger partial charge >= 0.3 is 0 Å². The molecule has 1 aromatic rings. The van der Waals surface area contributed by atoms with Gasteiger partial charge in [-0.1, -0.05) is 12.1 Å². The second-order valence-corrected chi connectivity index (χ2v) is 4.39. The van der Waals surface area contributed by atoms with Gasteiger partial charge < -0.3 is 15.7 Å². The Morgan fingerprint density at radius 2 is 2.35 bits per heavy atom. The zero-order chi connectivity index (χ0) is 14.4. The van der Waals surface area contributed by atoms with E-state index >= 15 is 0 Å². The number of phenols is 1. The second-order valence-electron chi connectivity index (χ2n) is 4.39. The maximum absolute atomic E-state index is 11.6. The number of aromatic hydroxyl groups is 1. The third-order valence-electron chi connectivity index (χ3n) is 2.79. The van der Waals surface area contributed by atoms with E-state index in [-0.39, 0.29) is 24.0 Å². The fourth-order valence-electron chi connectivity index (χ4n) is 1.83. The number of phenolic OH excluding ortho intramolecular Hbond substituents is 1. The van der Waals surface area contributed by atoms with Gasteiger partial charge in [0.1, 0.15) is 5.75 Å². The Morgan fingerprint density at radius 3 is 3.10 bits per heavy atom. The molecule has 1 aliphatic rings. The highest BCUT2D eigenvalue weighted by molar-refractivity contribution is 5.89. The van der Waals surface area contributed by atoms with Gasteiger partial charge in [-0.3, -0.25) is 9.59 Å². The predicted molar refractivity (Wildman–Crippen MR) is 73.3 cm³/mol. The third-order valence-corrected chi connectivity index (χ3v) is 2.79. The van der Waals surface area contributed by atoms with Crippen LogP contribution in [0.1, 0.15) is 12.0 Å². The summed E-state index contributed by atoms with van der Waals surface area (Å²) >= 11 is 0. The highest BCUT2D eigenvalue weighted by Crippen LogP contribution is 2.08. The number of nitrogens with one attached hydrogen (secondary N) is 3. The first-order valence-electron chi connectivity index (χ1n) is 6.27. The maximum Gasteiger partial charge on any atom is 0.242 e. The van der Waals surface area contributed by atoms with Crippen LogP contribution in [0.2, 0.25) is 0 Å². The highest BCUT2D eigenvalue weighted by Gasteiger charge is 2.23. The highest BCUT2D eigenvalue weighted by atomic mass is 16.3. The molecular weight excluding hydrogens is 260 g/mol. The van der Waals surface area contributed by atoms with Crippen molar-refractivity contribution in [3.63, 3.8) is 0 Å². The SMILES string of the molecule is O=C(C[C@@H]1NCCNC1=O)N/N=C\c1cccc(O)c1. The summed E-state index contributed by atoms with van der Waals surface area (Å²) in [6.45, 7) is 1.23. The van der Waals surface area contributed by atoms with Gasteiger partial charge in [0.25, 0.3) is 0 Å². The largest absolute Gasteiger partial charge is 0.508 e. The maximum atomic E-state index is 11.6. The van der Waals surface area contributed by atoms with Gasteiger partial charge in [-0.2, -0.15) is 5.10 Å². The van der Waals surface area contributed by atoms with Crippen molar-refractivity contribution < 1.29 is 14.7 Å². The van der Waals surface area contributed by atoms with Crippen molar-refractivity contribution in [2.24, 2.45) is 5.10 Å². The van der Waals surface area contributed by atoms with E-state index < -0.39 is 6.04 Å². The summed E-state index contributed by atoms with van der Waals surface area (Å²) in [7, 11) is 0. The van der Waals surface area contributed by atoms with Crippen molar-refractivity contribution in [2.75, 3.05) is 13.1 Å². The van der Waals surface area contributed by atoms with Crippen LogP contribution in [0.4, 0.5) is 0 Å². The molecule has 7 nitrogen and oxygen atoms in total. The molecule has 2 rings (SSSR count). The van der Waals surface area contributed by atoms with Gasteiger partial charge in [-0.25, -0.2) is 5.43 Å². The molecule has 0 spiro atoms. The lowest BCUT2D eigenvalue weighted by Gasteiger charge is -2.22. The summed E-state index contributed by atoms with van der Waals surface area (Å²) in [5.41, 5.74) is 3.01. The molecule has 0 saturated carbocycles. The summed E-state index contributed by atoms with van der Waals surface area (Å²) < 4.78 is 0. The Balaban J connectivity index is 1.81. The van der Waals surface area contributed by atoms with E-state index in [2.05, 4.69) is 21.2 Å². The fraction of sp³-hybridized carbons (Fsp3) is 0.308.